The lowest BCUT2D eigenvalue weighted by Crippen LogP contribution is -2.47. The van der Waals surface area contributed by atoms with E-state index >= 15 is 0 Å². The summed E-state index contributed by atoms with van der Waals surface area (Å²) >= 11 is 0. The third-order valence-corrected chi connectivity index (χ3v) is 5.01. The largest absolute Gasteiger partial charge is 0.445 e. The second-order valence-corrected chi connectivity index (χ2v) is 6.61. The van der Waals surface area contributed by atoms with Crippen molar-refractivity contribution >= 4 is 6.09 Å². The van der Waals surface area contributed by atoms with Gasteiger partial charge < -0.3 is 14.4 Å². The molecule has 0 aliphatic carbocycles. The van der Waals surface area contributed by atoms with Crippen molar-refractivity contribution in [2.24, 2.45) is 0 Å². The van der Waals surface area contributed by atoms with Crippen LogP contribution in [0.3, 0.4) is 0 Å². The third kappa shape index (κ3) is 2.67. The summed E-state index contributed by atoms with van der Waals surface area (Å²) in [5, 5.41) is 0. The zero-order valence-electron chi connectivity index (χ0n) is 13.7. The molecular weight excluding hydrogens is 302 g/mol. The zero-order chi connectivity index (χ0) is 16.6. The molecule has 2 aliphatic rings. The van der Waals surface area contributed by atoms with Gasteiger partial charge in [-0.25, -0.2) is 4.79 Å². The molecule has 4 heteroatoms. The Hall–Kier alpha value is -2.33. The normalized spacial score (nSPS) is 28.1. The number of likely N-dealkylation sites (tertiary alicyclic amines) is 1. The van der Waals surface area contributed by atoms with Crippen molar-refractivity contribution in [2.75, 3.05) is 6.54 Å². The van der Waals surface area contributed by atoms with Crippen LogP contribution in [0.1, 0.15) is 24.5 Å². The topological polar surface area (TPSA) is 42.1 Å². The highest BCUT2D eigenvalue weighted by molar-refractivity contribution is 5.68. The summed E-state index contributed by atoms with van der Waals surface area (Å²) in [7, 11) is 0. The van der Waals surface area contributed by atoms with Crippen LogP contribution in [0.2, 0.25) is 0 Å². The molecule has 0 unspecified atom stereocenters. The van der Waals surface area contributed by atoms with Gasteiger partial charge in [0, 0.05) is 12.5 Å². The third-order valence-electron chi connectivity index (χ3n) is 5.01. The number of amides is 1. The predicted octanol–water partition coefficient (Wildman–Crippen LogP) is 3.71. The van der Waals surface area contributed by atoms with Gasteiger partial charge in [0.25, 0.3) is 0 Å². The van der Waals surface area contributed by atoms with E-state index in [9.17, 15) is 4.79 Å². The Kier molecular flexibility index (Phi) is 3.77. The minimum absolute atomic E-state index is 0.0698. The smallest absolute Gasteiger partial charge is 0.410 e. The molecular formula is C20H21NO3. The average molecular weight is 323 g/mol. The summed E-state index contributed by atoms with van der Waals surface area (Å²) < 4.78 is 11.5. The predicted molar refractivity (Wildman–Crippen MR) is 90.4 cm³/mol. The van der Waals surface area contributed by atoms with Crippen molar-refractivity contribution in [1.29, 1.82) is 0 Å². The van der Waals surface area contributed by atoms with Crippen LogP contribution in [-0.2, 0) is 21.7 Å². The molecule has 2 aromatic rings. The summed E-state index contributed by atoms with van der Waals surface area (Å²) in [5.41, 5.74) is 1.99. The number of nitrogens with zero attached hydrogens (tertiary/aromatic N) is 1. The molecule has 3 atom stereocenters. The van der Waals surface area contributed by atoms with Crippen molar-refractivity contribution in [2.45, 2.75) is 37.7 Å². The molecule has 2 heterocycles. The van der Waals surface area contributed by atoms with Crippen molar-refractivity contribution in [1.82, 2.24) is 4.90 Å². The highest BCUT2D eigenvalue weighted by Crippen LogP contribution is 2.53. The molecule has 4 rings (SSSR count). The van der Waals surface area contributed by atoms with Crippen LogP contribution in [0.4, 0.5) is 4.79 Å². The molecule has 124 valence electrons. The average Bonchev–Trinajstić information content (AvgIpc) is 3.35. The number of ether oxygens (including phenoxy) is 2. The maximum atomic E-state index is 12.4. The molecule has 1 amide bonds. The van der Waals surface area contributed by atoms with Gasteiger partial charge in [0.2, 0.25) is 0 Å². The molecule has 0 saturated carbocycles. The van der Waals surface area contributed by atoms with Gasteiger partial charge in [0.15, 0.2) is 0 Å². The van der Waals surface area contributed by atoms with Crippen molar-refractivity contribution < 1.29 is 14.3 Å². The fourth-order valence-corrected chi connectivity index (χ4v) is 3.64. The second kappa shape index (κ2) is 5.95. The molecule has 2 saturated heterocycles. The van der Waals surface area contributed by atoms with E-state index in [1.807, 2.05) is 48.5 Å². The van der Waals surface area contributed by atoms with Gasteiger partial charge in [-0.15, -0.1) is 0 Å². The molecule has 2 aliphatic heterocycles. The van der Waals surface area contributed by atoms with E-state index in [1.54, 1.807) is 4.90 Å². The van der Waals surface area contributed by atoms with Gasteiger partial charge in [-0.3, -0.25) is 0 Å². The Morgan fingerprint density at radius 3 is 2.54 bits per heavy atom. The molecule has 0 radical (unpaired) electrons. The minimum atomic E-state index is -0.261. The van der Waals surface area contributed by atoms with E-state index in [0.29, 0.717) is 13.2 Å². The molecule has 2 aromatic carbocycles. The Morgan fingerprint density at radius 2 is 1.83 bits per heavy atom. The SMILES string of the molecule is C[C@@H]1C[C@]2(c3ccccc3)O[C@H]2CN1C(=O)OCc1ccccc1. The van der Waals surface area contributed by atoms with Crippen LogP contribution in [0.15, 0.2) is 60.7 Å². The van der Waals surface area contributed by atoms with Crippen LogP contribution in [-0.4, -0.2) is 29.7 Å². The van der Waals surface area contributed by atoms with E-state index in [1.165, 1.54) is 5.56 Å². The van der Waals surface area contributed by atoms with Crippen LogP contribution < -0.4 is 0 Å². The van der Waals surface area contributed by atoms with E-state index < -0.39 is 0 Å². The number of carbonyl (C=O) groups excluding carboxylic acids is 1. The maximum absolute atomic E-state index is 12.4. The van der Waals surface area contributed by atoms with Gasteiger partial charge in [0.1, 0.15) is 18.3 Å². The number of fused-ring (bicyclic) bond motifs is 1. The highest BCUT2D eigenvalue weighted by atomic mass is 16.6. The van der Waals surface area contributed by atoms with E-state index in [4.69, 9.17) is 9.47 Å². The number of hydrogen-bond donors (Lipinski definition) is 0. The summed E-state index contributed by atoms with van der Waals surface area (Å²) in [4.78, 5) is 14.2. The van der Waals surface area contributed by atoms with E-state index in [2.05, 4.69) is 19.1 Å². The number of rotatable bonds is 3. The van der Waals surface area contributed by atoms with Gasteiger partial charge in [0.05, 0.1) is 6.54 Å². The highest BCUT2D eigenvalue weighted by Gasteiger charge is 2.62. The Labute approximate surface area is 142 Å². The fourth-order valence-electron chi connectivity index (χ4n) is 3.64. The van der Waals surface area contributed by atoms with Crippen LogP contribution >= 0.6 is 0 Å². The standard InChI is InChI=1S/C20H21NO3/c1-15-12-20(17-10-6-3-7-11-17)18(24-20)13-21(15)19(22)23-14-16-8-4-2-5-9-16/h2-11,15,18H,12-14H2,1H3/t15-,18+,20-/m1/s1. The quantitative estimate of drug-likeness (QED) is 0.809. The van der Waals surface area contributed by atoms with Crippen LogP contribution in [0.25, 0.3) is 0 Å². The molecule has 4 nitrogen and oxygen atoms in total. The minimum Gasteiger partial charge on any atom is -0.445 e. The van der Waals surface area contributed by atoms with E-state index in [0.717, 1.165) is 12.0 Å². The first kappa shape index (κ1) is 15.2. The first-order chi connectivity index (χ1) is 11.7. The lowest BCUT2D eigenvalue weighted by atomic mass is 9.85. The number of hydrogen-bond acceptors (Lipinski definition) is 3. The lowest BCUT2D eigenvalue weighted by Gasteiger charge is -2.34. The van der Waals surface area contributed by atoms with Gasteiger partial charge in [-0.05, 0) is 18.1 Å². The summed E-state index contributed by atoms with van der Waals surface area (Å²) in [6.07, 6.45) is 0.617. The molecule has 24 heavy (non-hydrogen) atoms. The van der Waals surface area contributed by atoms with Crippen molar-refractivity contribution in [3.8, 4) is 0 Å². The van der Waals surface area contributed by atoms with E-state index in [-0.39, 0.29) is 23.8 Å². The van der Waals surface area contributed by atoms with Crippen molar-refractivity contribution in [3.63, 3.8) is 0 Å². The zero-order valence-corrected chi connectivity index (χ0v) is 13.7. The lowest BCUT2D eigenvalue weighted by molar-refractivity contribution is 0.0719. The molecule has 0 aromatic heterocycles. The van der Waals surface area contributed by atoms with Crippen LogP contribution in [0, 0.1) is 0 Å². The molecule has 0 spiro atoms. The monoisotopic (exact) mass is 323 g/mol. The van der Waals surface area contributed by atoms with Crippen molar-refractivity contribution in [3.05, 3.63) is 71.8 Å². The molecule has 2 fully saturated rings. The van der Waals surface area contributed by atoms with Crippen LogP contribution in [0.5, 0.6) is 0 Å². The number of carbonyl (C=O) groups is 1. The second-order valence-electron chi connectivity index (χ2n) is 6.61. The summed E-state index contributed by atoms with van der Waals surface area (Å²) in [6.45, 7) is 2.95. The first-order valence-electron chi connectivity index (χ1n) is 8.40. The van der Waals surface area contributed by atoms with Gasteiger partial charge in [-0.2, -0.15) is 0 Å². The first-order valence-corrected chi connectivity index (χ1v) is 8.40. The van der Waals surface area contributed by atoms with Gasteiger partial charge in [-0.1, -0.05) is 60.7 Å². The molecule has 0 bridgehead atoms. The fraction of sp³-hybridized carbons (Fsp3) is 0.350. The Morgan fingerprint density at radius 1 is 1.17 bits per heavy atom. The number of benzene rings is 2. The Bertz CT molecular complexity index is 718. The Balaban J connectivity index is 1.40. The number of piperidine rings is 1. The summed E-state index contributed by atoms with van der Waals surface area (Å²) in [6, 6.07) is 20.1. The summed E-state index contributed by atoms with van der Waals surface area (Å²) in [5.74, 6) is 0. The molecule has 0 N–H and O–H groups in total. The maximum Gasteiger partial charge on any atom is 0.410 e. The number of epoxide rings is 1. The van der Waals surface area contributed by atoms with Gasteiger partial charge >= 0.3 is 6.09 Å².